The normalized spacial score (nSPS) is 21.0. The molecule has 2 aromatic rings. The zero-order valence-electron chi connectivity index (χ0n) is 13.1. The number of aromatic nitrogens is 1. The lowest BCUT2D eigenvalue weighted by atomic mass is 10.0. The first-order chi connectivity index (χ1) is 10.4. The Labute approximate surface area is 128 Å². The van der Waals surface area contributed by atoms with E-state index in [0.717, 1.165) is 10.9 Å². The molecule has 5 nitrogen and oxygen atoms in total. The lowest BCUT2D eigenvalue weighted by Crippen LogP contribution is -2.54. The molecule has 116 valence electrons. The number of hydrogen-bond donors (Lipinski definition) is 1. The highest BCUT2D eigenvalue weighted by Gasteiger charge is 2.34. The van der Waals surface area contributed by atoms with Gasteiger partial charge in [-0.15, -0.1) is 0 Å². The Morgan fingerprint density at radius 3 is 2.82 bits per heavy atom. The quantitative estimate of drug-likeness (QED) is 0.878. The van der Waals surface area contributed by atoms with E-state index in [0.29, 0.717) is 13.1 Å². The number of hydrogen-bond acceptors (Lipinski definition) is 3. The van der Waals surface area contributed by atoms with Gasteiger partial charge in [-0.25, -0.2) is 0 Å². The monoisotopic (exact) mass is 300 g/mol. The summed E-state index contributed by atoms with van der Waals surface area (Å²) in [5.74, 6) is -0.241. The van der Waals surface area contributed by atoms with E-state index in [1.165, 1.54) is 0 Å². The maximum absolute atomic E-state index is 12.7. The van der Waals surface area contributed by atoms with E-state index in [-0.39, 0.29) is 23.1 Å². The number of amides is 1. The molecule has 1 N–H and O–H groups in total. The predicted octanol–water partition coefficient (Wildman–Crippen LogP) is 2.17. The lowest BCUT2D eigenvalue weighted by molar-refractivity contribution is -0.118. The maximum Gasteiger partial charge on any atom is 0.261 e. The van der Waals surface area contributed by atoms with E-state index in [2.05, 4.69) is 4.98 Å². The van der Waals surface area contributed by atoms with Gasteiger partial charge in [-0.3, -0.25) is 9.59 Å². The Hall–Kier alpha value is -2.14. The molecule has 2 heterocycles. The number of morpholine rings is 1. The molecule has 1 aliphatic heterocycles. The lowest BCUT2D eigenvalue weighted by Gasteiger charge is -2.41. The van der Waals surface area contributed by atoms with Crippen molar-refractivity contribution in [2.24, 2.45) is 0 Å². The molecule has 1 aromatic carbocycles. The topological polar surface area (TPSA) is 62.4 Å². The Balaban J connectivity index is 1.98. The molecule has 0 aliphatic carbocycles. The van der Waals surface area contributed by atoms with Gasteiger partial charge in [0.25, 0.3) is 11.5 Å². The van der Waals surface area contributed by atoms with Gasteiger partial charge < -0.3 is 14.6 Å². The number of para-hydroxylation sites is 1. The van der Waals surface area contributed by atoms with Gasteiger partial charge in [-0.05, 0) is 38.3 Å². The number of H-pyrrole nitrogens is 1. The van der Waals surface area contributed by atoms with Crippen molar-refractivity contribution in [2.75, 3.05) is 13.1 Å². The highest BCUT2D eigenvalue weighted by molar-refractivity contribution is 5.97. The maximum atomic E-state index is 12.7. The van der Waals surface area contributed by atoms with Crippen molar-refractivity contribution in [3.05, 3.63) is 46.2 Å². The second-order valence-electron chi connectivity index (χ2n) is 6.47. The average Bonchev–Trinajstić information content (AvgIpc) is 2.43. The minimum absolute atomic E-state index is 0.0489. The van der Waals surface area contributed by atoms with Crippen LogP contribution < -0.4 is 5.56 Å². The summed E-state index contributed by atoms with van der Waals surface area (Å²) in [6, 6.07) is 9.11. The minimum atomic E-state index is -0.406. The summed E-state index contributed by atoms with van der Waals surface area (Å²) >= 11 is 0. The van der Waals surface area contributed by atoms with Crippen molar-refractivity contribution in [1.29, 1.82) is 0 Å². The molecule has 1 atom stereocenters. The van der Waals surface area contributed by atoms with Crippen LogP contribution in [0.25, 0.3) is 10.9 Å². The molecule has 0 saturated carbocycles. The third kappa shape index (κ3) is 2.76. The van der Waals surface area contributed by atoms with Crippen LogP contribution in [0, 0.1) is 0 Å². The fourth-order valence-corrected chi connectivity index (χ4v) is 3.09. The standard InChI is InChI=1S/C17H20N2O3/c1-11-9-19(10-17(2,3)22-11)16(21)13-8-12-6-4-5-7-14(12)18-15(13)20/h4-8,11H,9-10H2,1-3H3,(H,18,20)/t11-/m1/s1. The molecule has 0 spiro atoms. The van der Waals surface area contributed by atoms with Crippen LogP contribution in [0.4, 0.5) is 0 Å². The fourth-order valence-electron chi connectivity index (χ4n) is 3.09. The highest BCUT2D eigenvalue weighted by Crippen LogP contribution is 2.22. The summed E-state index contributed by atoms with van der Waals surface area (Å²) in [5, 5.41) is 0.853. The van der Waals surface area contributed by atoms with Crippen LogP contribution in [-0.2, 0) is 4.74 Å². The number of aromatic amines is 1. The summed E-state index contributed by atoms with van der Waals surface area (Å²) in [7, 11) is 0. The van der Waals surface area contributed by atoms with Crippen molar-refractivity contribution in [1.82, 2.24) is 9.88 Å². The van der Waals surface area contributed by atoms with Crippen LogP contribution >= 0.6 is 0 Å². The van der Waals surface area contributed by atoms with Gasteiger partial charge >= 0.3 is 0 Å². The predicted molar refractivity (Wildman–Crippen MR) is 85.1 cm³/mol. The van der Waals surface area contributed by atoms with E-state index in [1.54, 1.807) is 11.0 Å². The third-order valence-electron chi connectivity index (χ3n) is 3.84. The van der Waals surface area contributed by atoms with Crippen LogP contribution in [-0.4, -0.2) is 40.6 Å². The number of fused-ring (bicyclic) bond motifs is 1. The van der Waals surface area contributed by atoms with Crippen molar-refractivity contribution >= 4 is 16.8 Å². The van der Waals surface area contributed by atoms with Gasteiger partial charge in [0, 0.05) is 18.6 Å². The van der Waals surface area contributed by atoms with Crippen molar-refractivity contribution in [3.63, 3.8) is 0 Å². The molecule has 1 saturated heterocycles. The summed E-state index contributed by atoms with van der Waals surface area (Å²) in [4.78, 5) is 29.5. The van der Waals surface area contributed by atoms with Crippen LogP contribution in [0.15, 0.2) is 35.1 Å². The van der Waals surface area contributed by atoms with Crippen molar-refractivity contribution in [2.45, 2.75) is 32.5 Å². The zero-order chi connectivity index (χ0) is 15.9. The fraction of sp³-hybridized carbons (Fsp3) is 0.412. The number of pyridine rings is 1. The summed E-state index contributed by atoms with van der Waals surface area (Å²) in [6.45, 7) is 6.81. The van der Waals surface area contributed by atoms with E-state index in [1.807, 2.05) is 45.0 Å². The number of carbonyl (C=O) groups is 1. The van der Waals surface area contributed by atoms with Crippen LogP contribution in [0.1, 0.15) is 31.1 Å². The minimum Gasteiger partial charge on any atom is -0.369 e. The highest BCUT2D eigenvalue weighted by atomic mass is 16.5. The molecular weight excluding hydrogens is 280 g/mol. The Kier molecular flexibility index (Phi) is 3.53. The second kappa shape index (κ2) is 5.25. The Bertz CT molecular complexity index is 779. The first kappa shape index (κ1) is 14.8. The van der Waals surface area contributed by atoms with Gasteiger partial charge in [0.05, 0.1) is 11.7 Å². The van der Waals surface area contributed by atoms with Gasteiger partial charge in [0.1, 0.15) is 5.56 Å². The van der Waals surface area contributed by atoms with Crippen LogP contribution in [0.5, 0.6) is 0 Å². The Morgan fingerprint density at radius 2 is 2.09 bits per heavy atom. The molecule has 1 aliphatic rings. The van der Waals surface area contributed by atoms with Gasteiger partial charge in [0.2, 0.25) is 0 Å². The van der Waals surface area contributed by atoms with Crippen molar-refractivity contribution in [3.8, 4) is 0 Å². The number of ether oxygens (including phenoxy) is 1. The van der Waals surface area contributed by atoms with E-state index in [4.69, 9.17) is 4.74 Å². The largest absolute Gasteiger partial charge is 0.369 e. The summed E-state index contributed by atoms with van der Waals surface area (Å²) < 4.78 is 5.81. The van der Waals surface area contributed by atoms with E-state index < -0.39 is 5.60 Å². The molecule has 0 radical (unpaired) electrons. The van der Waals surface area contributed by atoms with Gasteiger partial charge in [0.15, 0.2) is 0 Å². The molecule has 1 aromatic heterocycles. The van der Waals surface area contributed by atoms with Gasteiger partial charge in [-0.1, -0.05) is 18.2 Å². The van der Waals surface area contributed by atoms with Gasteiger partial charge in [-0.2, -0.15) is 0 Å². The second-order valence-corrected chi connectivity index (χ2v) is 6.47. The summed E-state index contributed by atoms with van der Waals surface area (Å²) in [5.41, 5.74) is 0.167. The summed E-state index contributed by atoms with van der Waals surface area (Å²) in [6.07, 6.45) is -0.0489. The molecule has 1 fully saturated rings. The number of rotatable bonds is 1. The smallest absolute Gasteiger partial charge is 0.261 e. The number of carbonyl (C=O) groups excluding carboxylic acids is 1. The molecule has 0 unspecified atom stereocenters. The zero-order valence-corrected chi connectivity index (χ0v) is 13.1. The van der Waals surface area contributed by atoms with E-state index in [9.17, 15) is 9.59 Å². The molecule has 3 rings (SSSR count). The Morgan fingerprint density at radius 1 is 1.36 bits per heavy atom. The molecule has 0 bridgehead atoms. The van der Waals surface area contributed by atoms with Crippen LogP contribution in [0.2, 0.25) is 0 Å². The first-order valence-electron chi connectivity index (χ1n) is 7.45. The third-order valence-corrected chi connectivity index (χ3v) is 3.84. The van der Waals surface area contributed by atoms with E-state index >= 15 is 0 Å². The number of nitrogens with zero attached hydrogens (tertiary/aromatic N) is 1. The van der Waals surface area contributed by atoms with Crippen molar-refractivity contribution < 1.29 is 9.53 Å². The number of nitrogens with one attached hydrogen (secondary N) is 1. The molecule has 1 amide bonds. The average molecular weight is 300 g/mol. The number of benzene rings is 1. The molecule has 22 heavy (non-hydrogen) atoms. The van der Waals surface area contributed by atoms with Crippen LogP contribution in [0.3, 0.4) is 0 Å². The molecule has 5 heteroatoms. The first-order valence-corrected chi connectivity index (χ1v) is 7.45. The molecular formula is C17H20N2O3. The SMILES string of the molecule is C[C@@H]1CN(C(=O)c2cc3ccccc3[nH]c2=O)CC(C)(C)O1.